The molecule has 0 saturated heterocycles. The Hall–Kier alpha value is -1.63. The van der Waals surface area contributed by atoms with Crippen molar-refractivity contribution < 1.29 is 0 Å². The van der Waals surface area contributed by atoms with Crippen LogP contribution in [0.1, 0.15) is 23.7 Å². The van der Waals surface area contributed by atoms with E-state index in [4.69, 9.17) is 4.99 Å². The van der Waals surface area contributed by atoms with Gasteiger partial charge in [-0.25, -0.2) is 4.99 Å². The Labute approximate surface area is 155 Å². The third-order valence-corrected chi connectivity index (χ3v) is 3.86. The van der Waals surface area contributed by atoms with Crippen molar-refractivity contribution >= 4 is 35.6 Å². The number of halogens is 1. The van der Waals surface area contributed by atoms with Crippen molar-refractivity contribution in [2.75, 3.05) is 18.0 Å². The van der Waals surface area contributed by atoms with Gasteiger partial charge < -0.3 is 10.2 Å². The van der Waals surface area contributed by atoms with Crippen molar-refractivity contribution in [2.24, 2.45) is 4.99 Å². The number of hydrogen-bond donors (Lipinski definition) is 1. The first-order valence-electron chi connectivity index (χ1n) is 7.83. The Morgan fingerprint density at radius 2 is 2.09 bits per heavy atom. The van der Waals surface area contributed by atoms with Crippen LogP contribution in [0, 0.1) is 6.92 Å². The fraction of sp³-hybridized carbons (Fsp3) is 0.333. The van der Waals surface area contributed by atoms with Crippen LogP contribution in [-0.4, -0.2) is 24.0 Å². The van der Waals surface area contributed by atoms with Crippen molar-refractivity contribution in [2.45, 2.75) is 26.8 Å². The summed E-state index contributed by atoms with van der Waals surface area (Å²) in [5.74, 6) is 0.952. The van der Waals surface area contributed by atoms with Gasteiger partial charge in [-0.1, -0.05) is 24.3 Å². The zero-order valence-corrected chi connectivity index (χ0v) is 16.0. The number of rotatable bonds is 3. The number of nitrogens with zero attached hydrogens (tertiary/aromatic N) is 3. The molecule has 1 aromatic heterocycles. The molecule has 0 atom stereocenters. The van der Waals surface area contributed by atoms with E-state index in [1.807, 2.05) is 19.2 Å². The van der Waals surface area contributed by atoms with E-state index in [1.54, 1.807) is 0 Å². The standard InChI is InChI=1S/C18H22N4.HI/c1-3-19-18(21-13-15-9-8-14(2)20-12-15)22-11-10-16-6-4-5-7-17(16)22;/h4-9,12H,3,10-11,13H2,1-2H3,(H,19,21);1H. The van der Waals surface area contributed by atoms with E-state index in [0.717, 1.165) is 36.7 Å². The lowest BCUT2D eigenvalue weighted by molar-refractivity contribution is 0.880. The summed E-state index contributed by atoms with van der Waals surface area (Å²) in [6.07, 6.45) is 2.98. The van der Waals surface area contributed by atoms with Crippen molar-refractivity contribution in [3.05, 3.63) is 59.4 Å². The van der Waals surface area contributed by atoms with Crippen molar-refractivity contribution in [3.8, 4) is 0 Å². The highest BCUT2D eigenvalue weighted by Crippen LogP contribution is 2.27. The number of anilines is 1. The summed E-state index contributed by atoms with van der Waals surface area (Å²) in [7, 11) is 0. The van der Waals surface area contributed by atoms with Gasteiger partial charge in [0.25, 0.3) is 0 Å². The molecule has 0 amide bonds. The van der Waals surface area contributed by atoms with Gasteiger partial charge in [0.15, 0.2) is 5.96 Å². The third-order valence-electron chi connectivity index (χ3n) is 3.86. The molecule has 0 aliphatic carbocycles. The Morgan fingerprint density at radius 1 is 1.26 bits per heavy atom. The molecular formula is C18H23IN4. The van der Waals surface area contributed by atoms with Gasteiger partial charge in [0.05, 0.1) is 6.54 Å². The molecule has 1 aromatic carbocycles. The molecule has 2 aromatic rings. The first kappa shape index (κ1) is 17.7. The summed E-state index contributed by atoms with van der Waals surface area (Å²) >= 11 is 0. The van der Waals surface area contributed by atoms with Crippen LogP contribution in [0.25, 0.3) is 0 Å². The number of guanidine groups is 1. The largest absolute Gasteiger partial charge is 0.356 e. The molecule has 1 aliphatic heterocycles. The van der Waals surface area contributed by atoms with Gasteiger partial charge in [-0.2, -0.15) is 0 Å². The number of nitrogens with one attached hydrogen (secondary N) is 1. The highest BCUT2D eigenvalue weighted by Gasteiger charge is 2.22. The highest BCUT2D eigenvalue weighted by molar-refractivity contribution is 14.0. The summed E-state index contributed by atoms with van der Waals surface area (Å²) in [6, 6.07) is 12.7. The molecule has 4 nitrogen and oxygen atoms in total. The highest BCUT2D eigenvalue weighted by atomic mass is 127. The van der Waals surface area contributed by atoms with Gasteiger partial charge in [-0.05, 0) is 43.5 Å². The van der Waals surface area contributed by atoms with Crippen LogP contribution in [0.5, 0.6) is 0 Å². The monoisotopic (exact) mass is 422 g/mol. The first-order valence-corrected chi connectivity index (χ1v) is 7.83. The van der Waals surface area contributed by atoms with Crippen LogP contribution in [-0.2, 0) is 13.0 Å². The fourth-order valence-corrected chi connectivity index (χ4v) is 2.71. The molecule has 0 spiro atoms. The summed E-state index contributed by atoms with van der Waals surface area (Å²) in [5.41, 5.74) is 4.83. The van der Waals surface area contributed by atoms with E-state index >= 15 is 0 Å². The number of fused-ring (bicyclic) bond motifs is 1. The molecular weight excluding hydrogens is 399 g/mol. The zero-order chi connectivity index (χ0) is 15.4. The Morgan fingerprint density at radius 3 is 2.83 bits per heavy atom. The molecule has 0 radical (unpaired) electrons. The zero-order valence-electron chi connectivity index (χ0n) is 13.6. The maximum atomic E-state index is 4.79. The summed E-state index contributed by atoms with van der Waals surface area (Å²) in [4.78, 5) is 11.4. The number of para-hydroxylation sites is 1. The van der Waals surface area contributed by atoms with Crippen molar-refractivity contribution in [1.29, 1.82) is 0 Å². The summed E-state index contributed by atoms with van der Waals surface area (Å²) in [5, 5.41) is 3.40. The molecule has 0 bridgehead atoms. The predicted octanol–water partition coefficient (Wildman–Crippen LogP) is 3.54. The van der Waals surface area contributed by atoms with Gasteiger partial charge in [0.1, 0.15) is 0 Å². The minimum Gasteiger partial charge on any atom is -0.356 e. The number of aliphatic imine (C=N–C) groups is 1. The van der Waals surface area contributed by atoms with Crippen molar-refractivity contribution in [1.82, 2.24) is 10.3 Å². The van der Waals surface area contributed by atoms with Crippen LogP contribution in [0.15, 0.2) is 47.6 Å². The molecule has 122 valence electrons. The van der Waals surface area contributed by atoms with Gasteiger partial charge in [0, 0.05) is 30.7 Å². The molecule has 0 fully saturated rings. The average Bonchev–Trinajstić information content (AvgIpc) is 2.97. The smallest absolute Gasteiger partial charge is 0.198 e. The predicted molar refractivity (Wildman–Crippen MR) is 107 cm³/mol. The Kier molecular flexibility index (Phi) is 6.38. The third kappa shape index (κ3) is 4.22. The normalized spacial score (nSPS) is 13.5. The van der Waals surface area contributed by atoms with E-state index in [9.17, 15) is 0 Å². The number of pyridine rings is 1. The number of aromatic nitrogens is 1. The number of hydrogen-bond acceptors (Lipinski definition) is 2. The van der Waals surface area contributed by atoms with Crippen LogP contribution in [0.3, 0.4) is 0 Å². The topological polar surface area (TPSA) is 40.5 Å². The quantitative estimate of drug-likeness (QED) is 0.468. The molecule has 5 heteroatoms. The van der Waals surface area contributed by atoms with Crippen LogP contribution in [0.2, 0.25) is 0 Å². The van der Waals surface area contributed by atoms with Crippen LogP contribution >= 0.6 is 24.0 Å². The second-order valence-electron chi connectivity index (χ2n) is 5.51. The minimum atomic E-state index is 0. The van der Waals surface area contributed by atoms with E-state index in [0.29, 0.717) is 6.54 Å². The lowest BCUT2D eigenvalue weighted by Crippen LogP contribution is -2.40. The molecule has 0 unspecified atom stereocenters. The molecule has 1 N–H and O–H groups in total. The maximum Gasteiger partial charge on any atom is 0.198 e. The van der Waals surface area contributed by atoms with Crippen LogP contribution in [0.4, 0.5) is 5.69 Å². The molecule has 0 saturated carbocycles. The van der Waals surface area contributed by atoms with Crippen LogP contribution < -0.4 is 10.2 Å². The summed E-state index contributed by atoms with van der Waals surface area (Å²) in [6.45, 7) is 6.60. The van der Waals surface area contributed by atoms with E-state index in [2.05, 4.69) is 52.5 Å². The van der Waals surface area contributed by atoms with Crippen molar-refractivity contribution in [3.63, 3.8) is 0 Å². The van der Waals surface area contributed by atoms with E-state index in [1.165, 1.54) is 11.3 Å². The lowest BCUT2D eigenvalue weighted by Gasteiger charge is -2.22. The SMILES string of the molecule is CCNC(=NCc1ccc(C)nc1)N1CCc2ccccc21.I. The number of aryl methyl sites for hydroxylation is 1. The average molecular weight is 422 g/mol. The maximum absolute atomic E-state index is 4.79. The first-order chi connectivity index (χ1) is 10.8. The lowest BCUT2D eigenvalue weighted by atomic mass is 10.2. The molecule has 3 rings (SSSR count). The van der Waals surface area contributed by atoms with E-state index in [-0.39, 0.29) is 24.0 Å². The fourth-order valence-electron chi connectivity index (χ4n) is 2.71. The molecule has 2 heterocycles. The second kappa shape index (κ2) is 8.29. The Bertz CT molecular complexity index is 667. The number of benzene rings is 1. The van der Waals surface area contributed by atoms with Gasteiger partial charge in [0.2, 0.25) is 0 Å². The van der Waals surface area contributed by atoms with Gasteiger partial charge in [-0.15, -0.1) is 24.0 Å². The molecule has 23 heavy (non-hydrogen) atoms. The summed E-state index contributed by atoms with van der Waals surface area (Å²) < 4.78 is 0. The minimum absolute atomic E-state index is 0. The van der Waals surface area contributed by atoms with Gasteiger partial charge >= 0.3 is 0 Å². The van der Waals surface area contributed by atoms with E-state index < -0.39 is 0 Å². The Balaban J connectivity index is 0.00000192. The second-order valence-corrected chi connectivity index (χ2v) is 5.51. The van der Waals surface area contributed by atoms with Gasteiger partial charge in [-0.3, -0.25) is 4.98 Å². The molecule has 1 aliphatic rings.